The number of piperidine rings is 1. The van der Waals surface area contributed by atoms with Gasteiger partial charge >= 0.3 is 5.97 Å². The van der Waals surface area contributed by atoms with Gasteiger partial charge in [-0.1, -0.05) is 0 Å². The molecule has 1 aliphatic rings. The van der Waals surface area contributed by atoms with E-state index in [1.54, 1.807) is 25.3 Å². The first-order chi connectivity index (χ1) is 10.5. The van der Waals surface area contributed by atoms with Gasteiger partial charge in [-0.05, 0) is 26.0 Å². The second kappa shape index (κ2) is 7.01. The number of nitrogens with two attached hydrogens (primary N) is 1. The fraction of sp³-hybridized carbons (Fsp3) is 0.588. The van der Waals surface area contributed by atoms with Crippen molar-refractivity contribution >= 4 is 5.97 Å². The third-order valence-electron chi connectivity index (χ3n) is 4.41. The number of ether oxygens (including phenoxy) is 3. The lowest BCUT2D eigenvalue weighted by molar-refractivity contribution is -0.665. The highest BCUT2D eigenvalue weighted by Crippen LogP contribution is 2.31. The molecule has 5 nitrogen and oxygen atoms in total. The maximum Gasteiger partial charge on any atom is 0.342 e. The third-order valence-corrected chi connectivity index (χ3v) is 4.41. The van der Waals surface area contributed by atoms with Crippen LogP contribution in [0.15, 0.2) is 18.2 Å². The highest BCUT2D eigenvalue weighted by molar-refractivity contribution is 5.93. The molecule has 0 aromatic heterocycles. The summed E-state index contributed by atoms with van der Waals surface area (Å²) in [6, 6.07) is 5.12. The number of hydrogen-bond donors (Lipinski definition) is 1. The van der Waals surface area contributed by atoms with Gasteiger partial charge < -0.3 is 19.5 Å². The molecule has 2 N–H and O–H groups in total. The van der Waals surface area contributed by atoms with Crippen LogP contribution in [0, 0.1) is 5.92 Å². The van der Waals surface area contributed by atoms with E-state index in [-0.39, 0.29) is 5.97 Å². The van der Waals surface area contributed by atoms with Gasteiger partial charge in [-0.2, -0.15) is 0 Å². The molecule has 2 rings (SSSR count). The molecule has 0 aliphatic carbocycles. The Hall–Kier alpha value is -1.75. The maximum absolute atomic E-state index is 12.5. The van der Waals surface area contributed by atoms with Crippen molar-refractivity contribution in [3.8, 4) is 11.5 Å². The van der Waals surface area contributed by atoms with E-state index in [4.69, 9.17) is 14.2 Å². The first kappa shape index (κ1) is 16.6. The fourth-order valence-electron chi connectivity index (χ4n) is 2.97. The molecule has 122 valence electrons. The third kappa shape index (κ3) is 3.71. The maximum atomic E-state index is 12.5. The highest BCUT2D eigenvalue weighted by Gasteiger charge is 2.36. The number of rotatable bonds is 5. The molecular formula is C17H26NO4+. The fourth-order valence-corrected chi connectivity index (χ4v) is 2.97. The van der Waals surface area contributed by atoms with Crippen molar-refractivity contribution < 1.29 is 24.3 Å². The van der Waals surface area contributed by atoms with Crippen LogP contribution in [0.4, 0.5) is 0 Å². The summed E-state index contributed by atoms with van der Waals surface area (Å²) >= 11 is 0. The molecule has 0 bridgehead atoms. The van der Waals surface area contributed by atoms with Crippen LogP contribution in [0.5, 0.6) is 11.5 Å². The van der Waals surface area contributed by atoms with E-state index >= 15 is 0 Å². The Morgan fingerprint density at radius 1 is 1.18 bits per heavy atom. The molecule has 1 heterocycles. The lowest BCUT2D eigenvalue weighted by Gasteiger charge is -2.35. The van der Waals surface area contributed by atoms with Crippen LogP contribution in [0.2, 0.25) is 0 Å². The molecule has 0 spiro atoms. The number of esters is 1. The lowest BCUT2D eigenvalue weighted by Crippen LogP contribution is -2.86. The molecule has 0 unspecified atom stereocenters. The highest BCUT2D eigenvalue weighted by atomic mass is 16.6. The Balaban J connectivity index is 2.14. The van der Waals surface area contributed by atoms with Gasteiger partial charge in [0.15, 0.2) is 0 Å². The van der Waals surface area contributed by atoms with Crippen molar-refractivity contribution in [2.24, 2.45) is 5.92 Å². The van der Waals surface area contributed by atoms with E-state index in [1.807, 2.05) is 13.8 Å². The standard InChI is InChI=1S/C17H25NO4/c1-17(2,12-7-9-18-10-8-12)22-16(19)14-6-5-13(20-3)11-15(14)21-4/h5-6,11-12,18H,7-10H2,1-4H3/p+1. The second-order valence-electron chi connectivity index (χ2n) is 6.20. The Kier molecular flexibility index (Phi) is 5.29. The molecule has 1 fully saturated rings. The van der Waals surface area contributed by atoms with Gasteiger partial charge in [-0.25, -0.2) is 4.79 Å². The number of methoxy groups -OCH3 is 2. The van der Waals surface area contributed by atoms with Gasteiger partial charge in [0.05, 0.1) is 27.3 Å². The van der Waals surface area contributed by atoms with E-state index in [0.717, 1.165) is 25.9 Å². The summed E-state index contributed by atoms with van der Waals surface area (Å²) in [7, 11) is 3.11. The lowest BCUT2D eigenvalue weighted by atomic mass is 9.83. The summed E-state index contributed by atoms with van der Waals surface area (Å²) in [5, 5.41) is 2.31. The van der Waals surface area contributed by atoms with Gasteiger partial charge in [0, 0.05) is 24.8 Å². The number of hydrogen-bond acceptors (Lipinski definition) is 4. The van der Waals surface area contributed by atoms with Crippen molar-refractivity contribution in [2.45, 2.75) is 32.3 Å². The predicted molar refractivity (Wildman–Crippen MR) is 83.4 cm³/mol. The smallest absolute Gasteiger partial charge is 0.342 e. The average Bonchev–Trinajstić information content (AvgIpc) is 2.54. The molecule has 1 aromatic carbocycles. The van der Waals surface area contributed by atoms with Gasteiger partial charge in [0.1, 0.15) is 22.7 Å². The largest absolute Gasteiger partial charge is 0.497 e. The Bertz CT molecular complexity index is 521. The second-order valence-corrected chi connectivity index (χ2v) is 6.20. The molecule has 0 amide bonds. The summed E-state index contributed by atoms with van der Waals surface area (Å²) in [4.78, 5) is 12.5. The monoisotopic (exact) mass is 308 g/mol. The number of benzene rings is 1. The van der Waals surface area contributed by atoms with E-state index in [0.29, 0.717) is 23.0 Å². The molecule has 1 aliphatic heterocycles. The van der Waals surface area contributed by atoms with Crippen LogP contribution in [0.1, 0.15) is 37.0 Å². The van der Waals surface area contributed by atoms with E-state index in [9.17, 15) is 4.79 Å². The summed E-state index contributed by atoms with van der Waals surface area (Å²) in [5.41, 5.74) is -0.0465. The zero-order valence-electron chi connectivity index (χ0n) is 13.8. The topological polar surface area (TPSA) is 61.4 Å². The molecule has 1 aromatic rings. The van der Waals surface area contributed by atoms with Crippen molar-refractivity contribution in [1.82, 2.24) is 0 Å². The minimum atomic E-state index is -0.476. The molecule has 0 radical (unpaired) electrons. The Morgan fingerprint density at radius 3 is 2.45 bits per heavy atom. The van der Waals surface area contributed by atoms with Gasteiger partial charge in [0.25, 0.3) is 0 Å². The molecular weight excluding hydrogens is 282 g/mol. The Morgan fingerprint density at radius 2 is 1.86 bits per heavy atom. The van der Waals surface area contributed by atoms with Gasteiger partial charge in [-0.3, -0.25) is 0 Å². The van der Waals surface area contributed by atoms with Crippen molar-refractivity contribution in [3.05, 3.63) is 23.8 Å². The van der Waals surface area contributed by atoms with Crippen LogP contribution >= 0.6 is 0 Å². The minimum absolute atomic E-state index is 0.348. The molecule has 0 atom stereocenters. The van der Waals surface area contributed by atoms with Crippen LogP contribution in [-0.4, -0.2) is 38.9 Å². The first-order valence-corrected chi connectivity index (χ1v) is 7.75. The van der Waals surface area contributed by atoms with Crippen LogP contribution in [-0.2, 0) is 4.74 Å². The summed E-state index contributed by atoms with van der Waals surface area (Å²) in [5.74, 6) is 1.16. The van der Waals surface area contributed by atoms with Crippen molar-refractivity contribution in [2.75, 3.05) is 27.3 Å². The number of quaternary nitrogens is 1. The SMILES string of the molecule is COc1ccc(C(=O)OC(C)(C)C2CC[NH2+]CC2)c(OC)c1. The van der Waals surface area contributed by atoms with Crippen LogP contribution in [0.3, 0.4) is 0 Å². The van der Waals surface area contributed by atoms with E-state index in [1.165, 1.54) is 7.11 Å². The van der Waals surface area contributed by atoms with Crippen LogP contribution < -0.4 is 14.8 Å². The van der Waals surface area contributed by atoms with E-state index < -0.39 is 5.60 Å². The minimum Gasteiger partial charge on any atom is -0.497 e. The molecule has 22 heavy (non-hydrogen) atoms. The van der Waals surface area contributed by atoms with Gasteiger partial charge in [-0.15, -0.1) is 0 Å². The molecule has 0 saturated carbocycles. The normalized spacial score (nSPS) is 16.2. The van der Waals surface area contributed by atoms with Crippen molar-refractivity contribution in [3.63, 3.8) is 0 Å². The van der Waals surface area contributed by atoms with Gasteiger partial charge in [0.2, 0.25) is 0 Å². The molecule has 5 heteroatoms. The number of carbonyl (C=O) groups is 1. The molecule has 1 saturated heterocycles. The first-order valence-electron chi connectivity index (χ1n) is 7.75. The number of carbonyl (C=O) groups excluding carboxylic acids is 1. The van der Waals surface area contributed by atoms with Crippen molar-refractivity contribution in [1.29, 1.82) is 0 Å². The zero-order chi connectivity index (χ0) is 16.2. The summed E-state index contributed by atoms with van der Waals surface area (Å²) < 4.78 is 16.2. The van der Waals surface area contributed by atoms with E-state index in [2.05, 4.69) is 5.32 Å². The zero-order valence-corrected chi connectivity index (χ0v) is 13.8. The Labute approximate surface area is 131 Å². The summed E-state index contributed by atoms with van der Waals surface area (Å²) in [6.45, 7) is 6.18. The average molecular weight is 308 g/mol. The quantitative estimate of drug-likeness (QED) is 0.840. The van der Waals surface area contributed by atoms with Crippen LogP contribution in [0.25, 0.3) is 0 Å². The summed E-state index contributed by atoms with van der Waals surface area (Å²) in [6.07, 6.45) is 2.14. The predicted octanol–water partition coefficient (Wildman–Crippen LogP) is 1.61.